The van der Waals surface area contributed by atoms with Crippen LogP contribution in [0.2, 0.25) is 10.0 Å². The smallest absolute Gasteiger partial charge is 0.246 e. The van der Waals surface area contributed by atoms with Crippen molar-refractivity contribution < 1.29 is 9.59 Å². The maximum Gasteiger partial charge on any atom is 0.246 e. The van der Waals surface area contributed by atoms with Gasteiger partial charge in [0.05, 0.1) is 6.42 Å². The third-order valence-corrected chi connectivity index (χ3v) is 4.05. The molecule has 4 nitrogen and oxygen atoms in total. The lowest BCUT2D eigenvalue weighted by Crippen LogP contribution is -2.39. The second-order valence-corrected chi connectivity index (χ2v) is 5.72. The monoisotopic (exact) mass is 350 g/mol. The van der Waals surface area contributed by atoms with E-state index in [4.69, 9.17) is 23.2 Å². The number of amides is 2. The van der Waals surface area contributed by atoms with E-state index in [1.54, 1.807) is 30.3 Å². The molecular formula is C17H16Cl2N2O2. The summed E-state index contributed by atoms with van der Waals surface area (Å²) in [4.78, 5) is 24.4. The molecule has 0 bridgehead atoms. The SMILES string of the molecule is CNC(=O)[C@@H](NC(=O)Cc1c(Cl)cccc1Cl)c1ccccc1. The average Bonchev–Trinajstić information content (AvgIpc) is 2.56. The van der Waals surface area contributed by atoms with Gasteiger partial charge in [0.25, 0.3) is 0 Å². The quantitative estimate of drug-likeness (QED) is 0.870. The number of nitrogens with one attached hydrogen (secondary N) is 2. The van der Waals surface area contributed by atoms with Gasteiger partial charge in [-0.05, 0) is 23.3 Å². The molecule has 0 fully saturated rings. The summed E-state index contributed by atoms with van der Waals surface area (Å²) in [6.07, 6.45) is -0.00116. The van der Waals surface area contributed by atoms with E-state index in [0.717, 1.165) is 0 Å². The first-order valence-electron chi connectivity index (χ1n) is 7.01. The van der Waals surface area contributed by atoms with Crippen LogP contribution in [0, 0.1) is 0 Å². The lowest BCUT2D eigenvalue weighted by atomic mass is 10.1. The largest absolute Gasteiger partial charge is 0.357 e. The Morgan fingerprint density at radius 1 is 1.00 bits per heavy atom. The van der Waals surface area contributed by atoms with Crippen molar-refractivity contribution in [2.75, 3.05) is 7.05 Å². The van der Waals surface area contributed by atoms with Crippen LogP contribution in [0.5, 0.6) is 0 Å². The molecule has 120 valence electrons. The van der Waals surface area contributed by atoms with Crippen molar-refractivity contribution in [3.8, 4) is 0 Å². The lowest BCUT2D eigenvalue weighted by Gasteiger charge is -2.18. The summed E-state index contributed by atoms with van der Waals surface area (Å²) in [5.74, 6) is -0.632. The zero-order valence-electron chi connectivity index (χ0n) is 12.5. The Kier molecular flexibility index (Phi) is 6.02. The molecule has 0 saturated carbocycles. The van der Waals surface area contributed by atoms with E-state index in [1.807, 2.05) is 18.2 Å². The van der Waals surface area contributed by atoms with Gasteiger partial charge in [-0.25, -0.2) is 0 Å². The molecule has 2 amide bonds. The van der Waals surface area contributed by atoms with Crippen LogP contribution in [0.1, 0.15) is 17.2 Å². The first kappa shape index (κ1) is 17.3. The van der Waals surface area contributed by atoms with Crippen LogP contribution in [0.15, 0.2) is 48.5 Å². The summed E-state index contributed by atoms with van der Waals surface area (Å²) in [5.41, 5.74) is 1.24. The van der Waals surface area contributed by atoms with E-state index in [9.17, 15) is 9.59 Å². The Morgan fingerprint density at radius 2 is 1.61 bits per heavy atom. The molecule has 2 aromatic carbocycles. The van der Waals surface area contributed by atoms with Gasteiger partial charge < -0.3 is 10.6 Å². The van der Waals surface area contributed by atoms with Gasteiger partial charge in [-0.15, -0.1) is 0 Å². The summed E-state index contributed by atoms with van der Waals surface area (Å²) < 4.78 is 0. The van der Waals surface area contributed by atoms with Crippen molar-refractivity contribution >= 4 is 35.0 Å². The minimum atomic E-state index is -0.769. The predicted molar refractivity (Wildman–Crippen MR) is 91.6 cm³/mol. The van der Waals surface area contributed by atoms with Crippen LogP contribution in [-0.4, -0.2) is 18.9 Å². The van der Waals surface area contributed by atoms with E-state index in [-0.39, 0.29) is 18.2 Å². The Labute approximate surface area is 144 Å². The molecule has 0 aliphatic heterocycles. The minimum absolute atomic E-state index is 0.00116. The topological polar surface area (TPSA) is 58.2 Å². The van der Waals surface area contributed by atoms with Gasteiger partial charge in [-0.1, -0.05) is 59.6 Å². The Hall–Kier alpha value is -2.04. The number of carbonyl (C=O) groups is 2. The number of rotatable bonds is 5. The first-order valence-corrected chi connectivity index (χ1v) is 7.77. The lowest BCUT2D eigenvalue weighted by molar-refractivity contribution is -0.128. The van der Waals surface area contributed by atoms with Gasteiger partial charge in [0.2, 0.25) is 11.8 Å². The molecule has 2 rings (SSSR count). The highest BCUT2D eigenvalue weighted by Crippen LogP contribution is 2.25. The molecule has 2 N–H and O–H groups in total. The molecule has 0 unspecified atom stereocenters. The van der Waals surface area contributed by atoms with Crippen molar-refractivity contribution in [2.24, 2.45) is 0 Å². The minimum Gasteiger partial charge on any atom is -0.357 e. The zero-order chi connectivity index (χ0) is 16.8. The van der Waals surface area contributed by atoms with Crippen LogP contribution in [-0.2, 0) is 16.0 Å². The summed E-state index contributed by atoms with van der Waals surface area (Å²) >= 11 is 12.1. The van der Waals surface area contributed by atoms with Gasteiger partial charge in [-0.2, -0.15) is 0 Å². The van der Waals surface area contributed by atoms with E-state index in [2.05, 4.69) is 10.6 Å². The molecule has 0 spiro atoms. The molecule has 23 heavy (non-hydrogen) atoms. The Morgan fingerprint density at radius 3 is 2.17 bits per heavy atom. The van der Waals surface area contributed by atoms with Crippen LogP contribution in [0.3, 0.4) is 0 Å². The fourth-order valence-corrected chi connectivity index (χ4v) is 2.69. The van der Waals surface area contributed by atoms with Crippen molar-refractivity contribution in [1.82, 2.24) is 10.6 Å². The van der Waals surface area contributed by atoms with E-state index in [1.165, 1.54) is 7.05 Å². The van der Waals surface area contributed by atoms with E-state index < -0.39 is 6.04 Å². The molecule has 0 radical (unpaired) electrons. The second-order valence-electron chi connectivity index (χ2n) is 4.90. The molecule has 0 aromatic heterocycles. The third-order valence-electron chi connectivity index (χ3n) is 3.35. The molecule has 0 saturated heterocycles. The third kappa shape index (κ3) is 4.47. The fraction of sp³-hybridized carbons (Fsp3) is 0.176. The number of hydrogen-bond acceptors (Lipinski definition) is 2. The zero-order valence-corrected chi connectivity index (χ0v) is 14.0. The molecule has 0 aliphatic rings. The summed E-state index contributed by atoms with van der Waals surface area (Å²) in [5, 5.41) is 6.11. The van der Waals surface area contributed by atoms with E-state index >= 15 is 0 Å². The molecule has 0 heterocycles. The highest BCUT2D eigenvalue weighted by molar-refractivity contribution is 6.36. The highest BCUT2D eigenvalue weighted by Gasteiger charge is 2.22. The van der Waals surface area contributed by atoms with Gasteiger partial charge >= 0.3 is 0 Å². The van der Waals surface area contributed by atoms with Crippen LogP contribution in [0.25, 0.3) is 0 Å². The predicted octanol–water partition coefficient (Wildman–Crippen LogP) is 3.14. The summed E-state index contributed by atoms with van der Waals surface area (Å²) in [6.45, 7) is 0. The van der Waals surface area contributed by atoms with Gasteiger partial charge in [-0.3, -0.25) is 9.59 Å². The van der Waals surface area contributed by atoms with E-state index in [0.29, 0.717) is 21.2 Å². The number of carbonyl (C=O) groups excluding carboxylic acids is 2. The second kappa shape index (κ2) is 7.99. The van der Waals surface area contributed by atoms with Crippen molar-refractivity contribution in [1.29, 1.82) is 0 Å². The van der Waals surface area contributed by atoms with Gasteiger partial charge in [0.1, 0.15) is 6.04 Å². The van der Waals surface area contributed by atoms with Gasteiger partial charge in [0.15, 0.2) is 0 Å². The Balaban J connectivity index is 2.17. The summed E-state index contributed by atoms with van der Waals surface area (Å²) in [7, 11) is 1.52. The first-order chi connectivity index (χ1) is 11.0. The van der Waals surface area contributed by atoms with Crippen molar-refractivity contribution in [3.05, 3.63) is 69.7 Å². The number of halogens is 2. The maximum atomic E-state index is 12.3. The molecule has 0 aliphatic carbocycles. The summed E-state index contributed by atoms with van der Waals surface area (Å²) in [6, 6.07) is 13.3. The molecule has 2 aromatic rings. The van der Waals surface area contributed by atoms with Crippen LogP contribution < -0.4 is 10.6 Å². The number of benzene rings is 2. The Bertz CT molecular complexity index is 685. The maximum absolute atomic E-state index is 12.3. The van der Waals surface area contributed by atoms with Crippen molar-refractivity contribution in [3.63, 3.8) is 0 Å². The highest BCUT2D eigenvalue weighted by atomic mass is 35.5. The van der Waals surface area contributed by atoms with Gasteiger partial charge in [0, 0.05) is 17.1 Å². The number of likely N-dealkylation sites (N-methyl/N-ethyl adjacent to an activating group) is 1. The molecule has 1 atom stereocenters. The molecular weight excluding hydrogens is 335 g/mol. The fourth-order valence-electron chi connectivity index (χ4n) is 2.16. The normalized spacial score (nSPS) is 11.6. The van der Waals surface area contributed by atoms with Crippen molar-refractivity contribution in [2.45, 2.75) is 12.5 Å². The number of hydrogen-bond donors (Lipinski definition) is 2. The standard InChI is InChI=1S/C17H16Cl2N2O2/c1-20-17(23)16(11-6-3-2-4-7-11)21-15(22)10-12-13(18)8-5-9-14(12)19/h2-9,16H,10H2,1H3,(H,20,23)(H,21,22)/t16-/m0/s1. The van der Waals surface area contributed by atoms with Crippen LogP contribution in [0.4, 0.5) is 0 Å². The molecule has 6 heteroatoms. The van der Waals surface area contributed by atoms with Crippen LogP contribution >= 0.6 is 23.2 Å². The average molecular weight is 351 g/mol.